The van der Waals surface area contributed by atoms with Crippen LogP contribution in [0.4, 0.5) is 0 Å². The van der Waals surface area contributed by atoms with Crippen molar-refractivity contribution in [1.29, 1.82) is 0 Å². The van der Waals surface area contributed by atoms with E-state index in [1.807, 2.05) is 18.2 Å². The van der Waals surface area contributed by atoms with Crippen LogP contribution < -0.4 is 5.73 Å². The molecule has 1 aliphatic heterocycles. The average molecular weight is 253 g/mol. The van der Waals surface area contributed by atoms with Gasteiger partial charge in [0, 0.05) is 5.02 Å². The summed E-state index contributed by atoms with van der Waals surface area (Å²) in [6.45, 7) is 1.83. The zero-order chi connectivity index (χ0) is 12.3. The molecule has 1 atom stereocenters. The van der Waals surface area contributed by atoms with Crippen LogP contribution in [0.1, 0.15) is 30.9 Å². The van der Waals surface area contributed by atoms with Crippen LogP contribution >= 0.6 is 11.6 Å². The van der Waals surface area contributed by atoms with Crippen molar-refractivity contribution < 1.29 is 4.79 Å². The highest BCUT2D eigenvalue weighted by molar-refractivity contribution is 6.31. The summed E-state index contributed by atoms with van der Waals surface area (Å²) >= 11 is 6.15. The van der Waals surface area contributed by atoms with Gasteiger partial charge in [0.05, 0.1) is 0 Å². The molecule has 4 heteroatoms. The molecule has 17 heavy (non-hydrogen) atoms. The number of amides is 1. The number of likely N-dealkylation sites (tertiary alicyclic amines) is 1. The number of halogens is 1. The predicted molar refractivity (Wildman–Crippen MR) is 68.8 cm³/mol. The van der Waals surface area contributed by atoms with Crippen LogP contribution in [0.3, 0.4) is 0 Å². The first-order valence-electron chi connectivity index (χ1n) is 5.98. The van der Waals surface area contributed by atoms with Crippen LogP contribution in [0.25, 0.3) is 0 Å². The number of carbonyl (C=O) groups excluding carboxylic acids is 1. The number of piperidine rings is 1. The second kappa shape index (κ2) is 5.52. The highest BCUT2D eigenvalue weighted by Gasteiger charge is 2.28. The van der Waals surface area contributed by atoms with Gasteiger partial charge in [0.2, 0.25) is 5.91 Å². The molecule has 1 aromatic rings. The minimum atomic E-state index is -0.385. The van der Waals surface area contributed by atoms with Gasteiger partial charge in [0.1, 0.15) is 6.04 Å². The minimum absolute atomic E-state index is 0.319. The molecule has 0 saturated carbocycles. The topological polar surface area (TPSA) is 46.3 Å². The molecule has 3 nitrogen and oxygen atoms in total. The quantitative estimate of drug-likeness (QED) is 0.898. The third kappa shape index (κ3) is 2.79. The lowest BCUT2D eigenvalue weighted by molar-refractivity contribution is -0.123. The number of benzene rings is 1. The lowest BCUT2D eigenvalue weighted by Crippen LogP contribution is -2.40. The fourth-order valence-electron chi connectivity index (χ4n) is 2.40. The van der Waals surface area contributed by atoms with Crippen molar-refractivity contribution in [2.24, 2.45) is 5.73 Å². The molecule has 0 aliphatic carbocycles. The van der Waals surface area contributed by atoms with Crippen molar-refractivity contribution in [3.05, 3.63) is 34.9 Å². The van der Waals surface area contributed by atoms with Crippen LogP contribution in [0.15, 0.2) is 24.3 Å². The van der Waals surface area contributed by atoms with E-state index in [1.54, 1.807) is 6.07 Å². The summed E-state index contributed by atoms with van der Waals surface area (Å²) in [5, 5.41) is 0.613. The van der Waals surface area contributed by atoms with E-state index in [1.165, 1.54) is 6.42 Å². The number of rotatable bonds is 3. The largest absolute Gasteiger partial charge is 0.368 e. The number of nitrogens with two attached hydrogens (primary N) is 1. The van der Waals surface area contributed by atoms with Crippen molar-refractivity contribution in [2.75, 3.05) is 13.1 Å². The van der Waals surface area contributed by atoms with Crippen LogP contribution in [-0.2, 0) is 4.79 Å². The van der Waals surface area contributed by atoms with Crippen molar-refractivity contribution in [3.8, 4) is 0 Å². The fraction of sp³-hybridized carbons (Fsp3) is 0.462. The molecular formula is C13H17ClN2O. The average Bonchev–Trinajstić information content (AvgIpc) is 2.33. The summed E-state index contributed by atoms with van der Waals surface area (Å²) in [7, 11) is 0. The molecule has 2 rings (SSSR count). The number of nitrogens with zero attached hydrogens (tertiary/aromatic N) is 1. The first-order chi connectivity index (χ1) is 8.20. The molecule has 1 heterocycles. The predicted octanol–water partition coefficient (Wildman–Crippen LogP) is 2.35. The van der Waals surface area contributed by atoms with Gasteiger partial charge in [-0.1, -0.05) is 36.2 Å². The fourth-order valence-corrected chi connectivity index (χ4v) is 2.64. The van der Waals surface area contributed by atoms with E-state index >= 15 is 0 Å². The Kier molecular flexibility index (Phi) is 4.02. The molecule has 0 aromatic heterocycles. The number of carbonyl (C=O) groups is 1. The molecule has 1 unspecified atom stereocenters. The summed E-state index contributed by atoms with van der Waals surface area (Å²) in [6, 6.07) is 7.05. The van der Waals surface area contributed by atoms with E-state index in [2.05, 4.69) is 4.90 Å². The Morgan fingerprint density at radius 2 is 1.88 bits per heavy atom. The monoisotopic (exact) mass is 252 g/mol. The third-order valence-electron chi connectivity index (χ3n) is 3.23. The van der Waals surface area contributed by atoms with E-state index in [0.29, 0.717) is 5.02 Å². The van der Waals surface area contributed by atoms with Crippen LogP contribution in [-0.4, -0.2) is 23.9 Å². The van der Waals surface area contributed by atoms with Gasteiger partial charge in [-0.25, -0.2) is 0 Å². The Balaban J connectivity index is 2.28. The van der Waals surface area contributed by atoms with Gasteiger partial charge in [-0.05, 0) is 37.6 Å². The standard InChI is InChI=1S/C13H17ClN2O/c14-11-7-3-2-6-10(11)12(13(15)17)16-8-4-1-5-9-16/h2-3,6-7,12H,1,4-5,8-9H2,(H2,15,17). The van der Waals surface area contributed by atoms with Gasteiger partial charge >= 0.3 is 0 Å². The number of hydrogen-bond acceptors (Lipinski definition) is 2. The normalized spacial score (nSPS) is 18.9. The summed E-state index contributed by atoms with van der Waals surface area (Å²) in [5.41, 5.74) is 6.35. The summed E-state index contributed by atoms with van der Waals surface area (Å²) in [4.78, 5) is 13.8. The second-order valence-corrected chi connectivity index (χ2v) is 4.83. The second-order valence-electron chi connectivity index (χ2n) is 4.42. The Labute approximate surface area is 107 Å². The molecular weight excluding hydrogens is 236 g/mol. The van der Waals surface area contributed by atoms with E-state index < -0.39 is 0 Å². The van der Waals surface area contributed by atoms with Crippen molar-refractivity contribution in [1.82, 2.24) is 4.90 Å². The number of primary amides is 1. The first-order valence-corrected chi connectivity index (χ1v) is 6.36. The molecule has 1 amide bonds. The van der Waals surface area contributed by atoms with E-state index in [0.717, 1.165) is 31.5 Å². The maximum atomic E-state index is 11.7. The Morgan fingerprint density at radius 3 is 2.47 bits per heavy atom. The van der Waals surface area contributed by atoms with E-state index in [4.69, 9.17) is 17.3 Å². The molecule has 1 saturated heterocycles. The molecule has 0 bridgehead atoms. The zero-order valence-electron chi connectivity index (χ0n) is 9.73. The van der Waals surface area contributed by atoms with Gasteiger partial charge in [-0.2, -0.15) is 0 Å². The summed E-state index contributed by atoms with van der Waals surface area (Å²) in [6.07, 6.45) is 3.47. The SMILES string of the molecule is NC(=O)C(c1ccccc1Cl)N1CCCCC1. The highest BCUT2D eigenvalue weighted by atomic mass is 35.5. The van der Waals surface area contributed by atoms with Crippen molar-refractivity contribution in [3.63, 3.8) is 0 Å². The Bertz CT molecular complexity index is 402. The molecule has 1 aromatic carbocycles. The van der Waals surface area contributed by atoms with Crippen LogP contribution in [0.5, 0.6) is 0 Å². The van der Waals surface area contributed by atoms with E-state index in [-0.39, 0.29) is 11.9 Å². The van der Waals surface area contributed by atoms with Gasteiger partial charge in [-0.3, -0.25) is 9.69 Å². The Hall–Kier alpha value is -1.06. The van der Waals surface area contributed by atoms with Gasteiger partial charge < -0.3 is 5.73 Å². The first kappa shape index (κ1) is 12.4. The molecule has 2 N–H and O–H groups in total. The molecule has 92 valence electrons. The summed E-state index contributed by atoms with van der Waals surface area (Å²) in [5.74, 6) is -0.319. The van der Waals surface area contributed by atoms with Gasteiger partial charge in [-0.15, -0.1) is 0 Å². The van der Waals surface area contributed by atoms with Crippen molar-refractivity contribution in [2.45, 2.75) is 25.3 Å². The smallest absolute Gasteiger partial charge is 0.239 e. The Morgan fingerprint density at radius 1 is 1.24 bits per heavy atom. The molecule has 0 spiro atoms. The zero-order valence-corrected chi connectivity index (χ0v) is 10.5. The van der Waals surface area contributed by atoms with Gasteiger partial charge in [0.15, 0.2) is 0 Å². The summed E-state index contributed by atoms with van der Waals surface area (Å²) < 4.78 is 0. The van der Waals surface area contributed by atoms with Gasteiger partial charge in [0.25, 0.3) is 0 Å². The highest BCUT2D eigenvalue weighted by Crippen LogP contribution is 2.29. The molecule has 1 aliphatic rings. The van der Waals surface area contributed by atoms with Crippen molar-refractivity contribution >= 4 is 17.5 Å². The van der Waals surface area contributed by atoms with Crippen LogP contribution in [0, 0.1) is 0 Å². The van der Waals surface area contributed by atoms with Crippen LogP contribution in [0.2, 0.25) is 5.02 Å². The lowest BCUT2D eigenvalue weighted by atomic mass is 10.0. The molecule has 1 fully saturated rings. The maximum Gasteiger partial charge on any atom is 0.239 e. The lowest BCUT2D eigenvalue weighted by Gasteiger charge is -2.33. The molecule has 0 radical (unpaired) electrons. The maximum absolute atomic E-state index is 11.7. The minimum Gasteiger partial charge on any atom is -0.368 e. The third-order valence-corrected chi connectivity index (χ3v) is 3.57. The number of hydrogen-bond donors (Lipinski definition) is 1. The van der Waals surface area contributed by atoms with E-state index in [9.17, 15) is 4.79 Å².